The number of aromatic nitrogens is 2. The first-order valence-electron chi connectivity index (χ1n) is 7.32. The number of likely N-dealkylation sites (tertiary alicyclic amines) is 1. The molecule has 2 fully saturated rings. The molecule has 0 radical (unpaired) electrons. The summed E-state index contributed by atoms with van der Waals surface area (Å²) in [5.74, 6) is -0.165. The number of benzene rings is 1. The zero-order valence-corrected chi connectivity index (χ0v) is 12.5. The van der Waals surface area contributed by atoms with E-state index in [0.29, 0.717) is 12.1 Å². The number of anilines is 1. The number of rotatable bonds is 3. The summed E-state index contributed by atoms with van der Waals surface area (Å²) in [4.78, 5) is 4.94. The van der Waals surface area contributed by atoms with E-state index in [1.54, 1.807) is 29.0 Å². The zero-order valence-electron chi connectivity index (χ0n) is 11.7. The Labute approximate surface area is 127 Å². The van der Waals surface area contributed by atoms with Crippen LogP contribution >= 0.6 is 11.3 Å². The number of hydrogen-bond donors (Lipinski definition) is 0. The van der Waals surface area contributed by atoms with Gasteiger partial charge in [-0.3, -0.25) is 4.90 Å². The minimum absolute atomic E-state index is 0.165. The fourth-order valence-corrected chi connectivity index (χ4v) is 4.27. The van der Waals surface area contributed by atoms with E-state index in [1.165, 1.54) is 18.4 Å². The van der Waals surface area contributed by atoms with Crippen LogP contribution in [0.2, 0.25) is 0 Å². The molecule has 2 aliphatic heterocycles. The molecule has 0 aliphatic carbocycles. The molecule has 4 nitrogen and oxygen atoms in total. The third kappa shape index (κ3) is 2.42. The molecule has 21 heavy (non-hydrogen) atoms. The van der Waals surface area contributed by atoms with Crippen LogP contribution in [0.4, 0.5) is 9.52 Å². The number of hydrogen-bond acceptors (Lipinski definition) is 5. The van der Waals surface area contributed by atoms with Crippen LogP contribution in [-0.2, 0) is 6.54 Å². The van der Waals surface area contributed by atoms with Crippen molar-refractivity contribution in [3.05, 3.63) is 41.2 Å². The molecule has 1 aromatic heterocycles. The normalized spacial score (nSPS) is 25.5. The number of nitrogens with zero attached hydrogens (tertiary/aromatic N) is 4. The van der Waals surface area contributed by atoms with Crippen molar-refractivity contribution in [3.63, 3.8) is 0 Å². The molecule has 6 heteroatoms. The van der Waals surface area contributed by atoms with Gasteiger partial charge < -0.3 is 4.90 Å². The maximum atomic E-state index is 13.0. The lowest BCUT2D eigenvalue weighted by Crippen LogP contribution is -2.36. The van der Waals surface area contributed by atoms with Crippen molar-refractivity contribution < 1.29 is 4.39 Å². The summed E-state index contributed by atoms with van der Waals surface area (Å²) in [5, 5.41) is 9.21. The van der Waals surface area contributed by atoms with E-state index in [0.717, 1.165) is 24.8 Å². The van der Waals surface area contributed by atoms with Gasteiger partial charge in [0.05, 0.1) is 0 Å². The van der Waals surface area contributed by atoms with Crippen molar-refractivity contribution in [2.75, 3.05) is 18.0 Å². The molecule has 0 unspecified atom stereocenters. The molecule has 0 bridgehead atoms. The standard InChI is InChI=1S/C15H17FN4S/c16-12-3-1-11(2-4-12)9-19-7-5-14-13(19)6-8-20(14)15-18-17-10-21-15/h1-4,10,13-14H,5-9H2/t13-,14+/m1/s1. The first kappa shape index (κ1) is 13.2. The van der Waals surface area contributed by atoms with Gasteiger partial charge in [-0.25, -0.2) is 4.39 Å². The Morgan fingerprint density at radius 3 is 2.71 bits per heavy atom. The molecular weight excluding hydrogens is 287 g/mol. The van der Waals surface area contributed by atoms with Crippen LogP contribution in [0.3, 0.4) is 0 Å². The summed E-state index contributed by atoms with van der Waals surface area (Å²) in [6.45, 7) is 3.07. The fourth-order valence-electron chi connectivity index (χ4n) is 3.63. The molecule has 0 spiro atoms. The Morgan fingerprint density at radius 2 is 1.95 bits per heavy atom. The maximum absolute atomic E-state index is 13.0. The van der Waals surface area contributed by atoms with Gasteiger partial charge in [-0.05, 0) is 30.5 Å². The maximum Gasteiger partial charge on any atom is 0.208 e. The van der Waals surface area contributed by atoms with Crippen LogP contribution in [0, 0.1) is 5.82 Å². The summed E-state index contributed by atoms with van der Waals surface area (Å²) in [5.41, 5.74) is 2.99. The first-order valence-corrected chi connectivity index (χ1v) is 8.20. The first-order chi connectivity index (χ1) is 10.3. The lowest BCUT2D eigenvalue weighted by molar-refractivity contribution is 0.246. The van der Waals surface area contributed by atoms with Gasteiger partial charge in [0.1, 0.15) is 11.3 Å². The minimum Gasteiger partial charge on any atom is -0.342 e. The topological polar surface area (TPSA) is 32.3 Å². The SMILES string of the molecule is Fc1ccc(CN2CC[C@H]3[C@H]2CCN3c2nncs2)cc1. The van der Waals surface area contributed by atoms with E-state index in [4.69, 9.17) is 0 Å². The highest BCUT2D eigenvalue weighted by Crippen LogP contribution is 2.36. The van der Waals surface area contributed by atoms with Crippen LogP contribution in [0.15, 0.2) is 29.8 Å². The van der Waals surface area contributed by atoms with E-state index in [2.05, 4.69) is 20.0 Å². The Balaban J connectivity index is 1.47. The van der Waals surface area contributed by atoms with Crippen LogP contribution in [0.1, 0.15) is 18.4 Å². The molecule has 0 amide bonds. The lowest BCUT2D eigenvalue weighted by atomic mass is 10.1. The van der Waals surface area contributed by atoms with Gasteiger partial charge in [0.25, 0.3) is 0 Å². The molecule has 4 rings (SSSR count). The quantitative estimate of drug-likeness (QED) is 0.872. The monoisotopic (exact) mass is 304 g/mol. The Bertz CT molecular complexity index is 601. The second-order valence-electron chi connectivity index (χ2n) is 5.72. The van der Waals surface area contributed by atoms with Gasteiger partial charge in [0.2, 0.25) is 5.13 Å². The molecule has 2 aromatic rings. The van der Waals surface area contributed by atoms with Crippen LogP contribution in [-0.4, -0.2) is 40.3 Å². The lowest BCUT2D eigenvalue weighted by Gasteiger charge is -2.25. The van der Waals surface area contributed by atoms with E-state index >= 15 is 0 Å². The highest BCUT2D eigenvalue weighted by molar-refractivity contribution is 7.13. The van der Waals surface area contributed by atoms with Crippen LogP contribution in [0.5, 0.6) is 0 Å². The van der Waals surface area contributed by atoms with Crippen molar-refractivity contribution in [2.24, 2.45) is 0 Å². The molecule has 0 saturated carbocycles. The van der Waals surface area contributed by atoms with E-state index in [9.17, 15) is 4.39 Å². The van der Waals surface area contributed by atoms with Crippen molar-refractivity contribution >= 4 is 16.5 Å². The summed E-state index contributed by atoms with van der Waals surface area (Å²) in [7, 11) is 0. The third-order valence-corrected chi connectivity index (χ3v) is 5.31. The van der Waals surface area contributed by atoms with E-state index in [1.807, 2.05) is 12.1 Å². The Morgan fingerprint density at radius 1 is 1.14 bits per heavy atom. The van der Waals surface area contributed by atoms with E-state index in [-0.39, 0.29) is 5.82 Å². The van der Waals surface area contributed by atoms with Crippen molar-refractivity contribution in [2.45, 2.75) is 31.5 Å². The summed E-state index contributed by atoms with van der Waals surface area (Å²) in [6, 6.07) is 8.01. The van der Waals surface area contributed by atoms with Crippen LogP contribution in [0.25, 0.3) is 0 Å². The predicted octanol–water partition coefficient (Wildman–Crippen LogP) is 2.53. The van der Waals surface area contributed by atoms with Gasteiger partial charge >= 0.3 is 0 Å². The van der Waals surface area contributed by atoms with Gasteiger partial charge in [-0.2, -0.15) is 0 Å². The number of halogens is 1. The highest BCUT2D eigenvalue weighted by Gasteiger charge is 2.43. The smallest absolute Gasteiger partial charge is 0.208 e. The minimum atomic E-state index is -0.165. The fraction of sp³-hybridized carbons (Fsp3) is 0.467. The number of fused-ring (bicyclic) bond motifs is 1. The van der Waals surface area contributed by atoms with Crippen molar-refractivity contribution in [1.29, 1.82) is 0 Å². The van der Waals surface area contributed by atoms with E-state index < -0.39 is 0 Å². The summed E-state index contributed by atoms with van der Waals surface area (Å²) >= 11 is 1.62. The molecule has 3 heterocycles. The molecule has 2 atom stereocenters. The van der Waals surface area contributed by atoms with Gasteiger partial charge in [-0.15, -0.1) is 10.2 Å². The predicted molar refractivity (Wildman–Crippen MR) is 80.9 cm³/mol. The van der Waals surface area contributed by atoms with Crippen molar-refractivity contribution in [1.82, 2.24) is 15.1 Å². The second kappa shape index (κ2) is 5.35. The zero-order chi connectivity index (χ0) is 14.2. The Kier molecular flexibility index (Phi) is 3.35. The average Bonchev–Trinajstić information content (AvgIpc) is 3.19. The Hall–Kier alpha value is -1.53. The van der Waals surface area contributed by atoms with Gasteiger partial charge in [0, 0.05) is 31.7 Å². The van der Waals surface area contributed by atoms with Crippen molar-refractivity contribution in [3.8, 4) is 0 Å². The van der Waals surface area contributed by atoms with Crippen LogP contribution < -0.4 is 4.90 Å². The van der Waals surface area contributed by atoms with Gasteiger partial charge in [0.15, 0.2) is 0 Å². The summed E-state index contributed by atoms with van der Waals surface area (Å²) in [6.07, 6.45) is 2.34. The third-order valence-electron chi connectivity index (χ3n) is 4.58. The average molecular weight is 304 g/mol. The highest BCUT2D eigenvalue weighted by atomic mass is 32.1. The van der Waals surface area contributed by atoms with Gasteiger partial charge in [-0.1, -0.05) is 23.5 Å². The molecule has 110 valence electrons. The molecular formula is C15H17FN4S. The second-order valence-corrected chi connectivity index (χ2v) is 6.54. The molecule has 1 aromatic carbocycles. The molecule has 2 saturated heterocycles. The largest absolute Gasteiger partial charge is 0.342 e. The molecule has 0 N–H and O–H groups in total. The molecule has 2 aliphatic rings. The summed E-state index contributed by atoms with van der Waals surface area (Å²) < 4.78 is 13.0.